The molecule has 1 heterocycles. The van der Waals surface area contributed by atoms with Crippen molar-refractivity contribution in [3.63, 3.8) is 0 Å². The number of pyridine rings is 1. The third-order valence-corrected chi connectivity index (χ3v) is 2.60. The SMILES string of the molecule is N#Cc1cc(COc2cc(F)ccc2C#CCN)ccn1. The largest absolute Gasteiger partial charge is 0.487 e. The molecule has 0 spiro atoms. The molecule has 2 aromatic rings. The van der Waals surface area contributed by atoms with E-state index in [-0.39, 0.29) is 13.2 Å². The van der Waals surface area contributed by atoms with Gasteiger partial charge in [0.25, 0.3) is 0 Å². The second-order valence-corrected chi connectivity index (χ2v) is 4.10. The Balaban J connectivity index is 2.19. The first-order chi connectivity index (χ1) is 10.2. The lowest BCUT2D eigenvalue weighted by Gasteiger charge is -2.08. The van der Waals surface area contributed by atoms with Gasteiger partial charge in [0.1, 0.15) is 29.9 Å². The Kier molecular flexibility index (Phi) is 4.87. The van der Waals surface area contributed by atoms with E-state index in [1.807, 2.05) is 6.07 Å². The van der Waals surface area contributed by atoms with Crippen LogP contribution in [-0.2, 0) is 6.61 Å². The lowest BCUT2D eigenvalue weighted by atomic mass is 10.2. The predicted molar refractivity (Wildman–Crippen MR) is 75.6 cm³/mol. The number of ether oxygens (including phenoxy) is 1. The van der Waals surface area contributed by atoms with Gasteiger partial charge in [-0.2, -0.15) is 5.26 Å². The second-order valence-electron chi connectivity index (χ2n) is 4.10. The van der Waals surface area contributed by atoms with Crippen LogP contribution in [0.4, 0.5) is 4.39 Å². The number of benzene rings is 1. The fourth-order valence-electron chi connectivity index (χ4n) is 1.65. The standard InChI is InChI=1S/C16H12FN3O/c17-14-4-3-13(2-1-6-18)16(9-14)21-11-12-5-7-20-15(8-12)10-19/h3-5,7-9H,6,11,18H2. The van der Waals surface area contributed by atoms with Crippen molar-refractivity contribution in [1.29, 1.82) is 5.26 Å². The molecule has 0 radical (unpaired) electrons. The molecule has 0 bridgehead atoms. The highest BCUT2D eigenvalue weighted by Gasteiger charge is 2.05. The van der Waals surface area contributed by atoms with Gasteiger partial charge in [0.05, 0.1) is 12.1 Å². The van der Waals surface area contributed by atoms with E-state index >= 15 is 0 Å². The average Bonchev–Trinajstić information content (AvgIpc) is 2.52. The number of halogens is 1. The van der Waals surface area contributed by atoms with E-state index in [0.717, 1.165) is 5.56 Å². The summed E-state index contributed by atoms with van der Waals surface area (Å²) < 4.78 is 18.9. The first-order valence-corrected chi connectivity index (χ1v) is 6.19. The Bertz CT molecular complexity index is 741. The van der Waals surface area contributed by atoms with Crippen molar-refractivity contribution in [2.24, 2.45) is 5.73 Å². The molecule has 0 fully saturated rings. The molecule has 4 nitrogen and oxygen atoms in total. The van der Waals surface area contributed by atoms with E-state index in [1.165, 1.54) is 18.3 Å². The third kappa shape index (κ3) is 4.04. The normalized spacial score (nSPS) is 9.38. The quantitative estimate of drug-likeness (QED) is 0.873. The number of hydrogen-bond donors (Lipinski definition) is 1. The van der Waals surface area contributed by atoms with E-state index in [2.05, 4.69) is 16.8 Å². The summed E-state index contributed by atoms with van der Waals surface area (Å²) in [7, 11) is 0. The Hall–Kier alpha value is -2.89. The minimum atomic E-state index is -0.407. The lowest BCUT2D eigenvalue weighted by molar-refractivity contribution is 0.303. The van der Waals surface area contributed by atoms with Crippen molar-refractivity contribution in [1.82, 2.24) is 4.98 Å². The maximum atomic E-state index is 13.3. The molecule has 2 N–H and O–H groups in total. The van der Waals surface area contributed by atoms with Gasteiger partial charge in [-0.15, -0.1) is 0 Å². The summed E-state index contributed by atoms with van der Waals surface area (Å²) in [6.07, 6.45) is 1.53. The third-order valence-electron chi connectivity index (χ3n) is 2.60. The van der Waals surface area contributed by atoms with Gasteiger partial charge in [-0.1, -0.05) is 11.8 Å². The van der Waals surface area contributed by atoms with E-state index in [0.29, 0.717) is 17.0 Å². The van der Waals surface area contributed by atoms with Crippen LogP contribution in [0.1, 0.15) is 16.8 Å². The van der Waals surface area contributed by atoms with Crippen LogP contribution in [0.15, 0.2) is 36.5 Å². The smallest absolute Gasteiger partial charge is 0.140 e. The van der Waals surface area contributed by atoms with Gasteiger partial charge < -0.3 is 10.5 Å². The van der Waals surface area contributed by atoms with Crippen LogP contribution in [0.25, 0.3) is 0 Å². The van der Waals surface area contributed by atoms with Gasteiger partial charge in [0.2, 0.25) is 0 Å². The first kappa shape index (κ1) is 14.5. The van der Waals surface area contributed by atoms with Crippen molar-refractivity contribution in [2.75, 3.05) is 6.54 Å². The molecule has 104 valence electrons. The van der Waals surface area contributed by atoms with Gasteiger partial charge in [-0.3, -0.25) is 0 Å². The van der Waals surface area contributed by atoms with Crippen LogP contribution in [0.2, 0.25) is 0 Å². The highest BCUT2D eigenvalue weighted by Crippen LogP contribution is 2.20. The molecule has 0 aliphatic carbocycles. The van der Waals surface area contributed by atoms with E-state index in [1.54, 1.807) is 18.2 Å². The van der Waals surface area contributed by atoms with Crippen molar-refractivity contribution < 1.29 is 9.13 Å². The Labute approximate surface area is 122 Å². The van der Waals surface area contributed by atoms with Crippen LogP contribution in [0.3, 0.4) is 0 Å². The summed E-state index contributed by atoms with van der Waals surface area (Å²) in [5, 5.41) is 8.79. The van der Waals surface area contributed by atoms with Crippen molar-refractivity contribution >= 4 is 0 Å². The highest BCUT2D eigenvalue weighted by atomic mass is 19.1. The summed E-state index contributed by atoms with van der Waals surface area (Å²) in [6, 6.07) is 9.42. The van der Waals surface area contributed by atoms with Gasteiger partial charge in [0.15, 0.2) is 0 Å². The molecule has 21 heavy (non-hydrogen) atoms. The first-order valence-electron chi connectivity index (χ1n) is 6.19. The number of nitrogens with zero attached hydrogens (tertiary/aromatic N) is 2. The zero-order valence-electron chi connectivity index (χ0n) is 11.1. The van der Waals surface area contributed by atoms with Crippen LogP contribution < -0.4 is 10.5 Å². The fraction of sp³-hybridized carbons (Fsp3) is 0.125. The summed E-state index contributed by atoms with van der Waals surface area (Å²) in [4.78, 5) is 3.87. The number of hydrogen-bond acceptors (Lipinski definition) is 4. The second kappa shape index (κ2) is 7.04. The van der Waals surface area contributed by atoms with Crippen molar-refractivity contribution in [3.8, 4) is 23.7 Å². The fourth-order valence-corrected chi connectivity index (χ4v) is 1.65. The van der Waals surface area contributed by atoms with E-state index in [4.69, 9.17) is 15.7 Å². The molecule has 1 aromatic heterocycles. The van der Waals surface area contributed by atoms with E-state index in [9.17, 15) is 4.39 Å². The van der Waals surface area contributed by atoms with Crippen LogP contribution in [-0.4, -0.2) is 11.5 Å². The average molecular weight is 281 g/mol. The van der Waals surface area contributed by atoms with E-state index < -0.39 is 5.82 Å². The predicted octanol–water partition coefficient (Wildman–Crippen LogP) is 1.98. The lowest BCUT2D eigenvalue weighted by Crippen LogP contribution is -1.99. The molecular formula is C16H12FN3O. The molecule has 5 heteroatoms. The van der Waals surface area contributed by atoms with Gasteiger partial charge in [0, 0.05) is 12.3 Å². The van der Waals surface area contributed by atoms with Gasteiger partial charge >= 0.3 is 0 Å². The Morgan fingerprint density at radius 3 is 2.90 bits per heavy atom. The Morgan fingerprint density at radius 2 is 2.14 bits per heavy atom. The van der Waals surface area contributed by atoms with Crippen molar-refractivity contribution in [3.05, 3.63) is 59.2 Å². The van der Waals surface area contributed by atoms with Gasteiger partial charge in [-0.25, -0.2) is 9.37 Å². The molecule has 0 aliphatic heterocycles. The minimum Gasteiger partial charge on any atom is -0.487 e. The molecule has 0 unspecified atom stereocenters. The monoisotopic (exact) mass is 281 g/mol. The Morgan fingerprint density at radius 1 is 1.29 bits per heavy atom. The minimum absolute atomic E-state index is 0.192. The molecule has 0 saturated carbocycles. The zero-order chi connectivity index (χ0) is 15.1. The van der Waals surface area contributed by atoms with Crippen LogP contribution in [0, 0.1) is 29.0 Å². The zero-order valence-corrected chi connectivity index (χ0v) is 11.1. The highest BCUT2D eigenvalue weighted by molar-refractivity contribution is 5.46. The van der Waals surface area contributed by atoms with Crippen LogP contribution in [0.5, 0.6) is 5.75 Å². The summed E-state index contributed by atoms with van der Waals surface area (Å²) >= 11 is 0. The van der Waals surface area contributed by atoms with Crippen molar-refractivity contribution in [2.45, 2.75) is 6.61 Å². The number of rotatable bonds is 3. The molecule has 2 rings (SSSR count). The summed E-state index contributed by atoms with van der Waals surface area (Å²) in [5.41, 5.74) is 6.96. The van der Waals surface area contributed by atoms with Crippen LogP contribution >= 0.6 is 0 Å². The number of nitrogens with two attached hydrogens (primary N) is 1. The molecule has 0 saturated heterocycles. The topological polar surface area (TPSA) is 71.9 Å². The summed E-state index contributed by atoms with van der Waals surface area (Å²) in [5.74, 6) is 5.46. The van der Waals surface area contributed by atoms with Gasteiger partial charge in [-0.05, 0) is 29.8 Å². The number of aromatic nitrogens is 1. The number of nitriles is 1. The maximum absolute atomic E-state index is 13.3. The molecular weight excluding hydrogens is 269 g/mol. The molecule has 0 amide bonds. The molecule has 0 atom stereocenters. The molecule has 1 aromatic carbocycles. The maximum Gasteiger partial charge on any atom is 0.140 e. The molecule has 0 aliphatic rings. The summed E-state index contributed by atoms with van der Waals surface area (Å²) in [6.45, 7) is 0.407.